The fourth-order valence-electron chi connectivity index (χ4n) is 2.95. The van der Waals surface area contributed by atoms with E-state index in [-0.39, 0.29) is 6.61 Å². The van der Waals surface area contributed by atoms with Crippen molar-refractivity contribution in [3.8, 4) is 0 Å². The Balaban J connectivity index is 3.21. The van der Waals surface area contributed by atoms with Gasteiger partial charge < -0.3 is 14.9 Å². The fourth-order valence-corrected chi connectivity index (χ4v) is 2.95. The fraction of sp³-hybridized carbons (Fsp3) is 1.00. The Kier molecular flexibility index (Phi) is 16.3. The lowest BCUT2D eigenvalue weighted by atomic mass is 10.0. The molecule has 1 atom stereocenters. The van der Waals surface area contributed by atoms with Crippen LogP contribution in [0.25, 0.3) is 0 Å². The summed E-state index contributed by atoms with van der Waals surface area (Å²) in [5.74, 6) is 0. The quantitative estimate of drug-likeness (QED) is 0.317. The molecule has 0 bridgehead atoms. The van der Waals surface area contributed by atoms with E-state index in [1.807, 2.05) is 13.8 Å². The number of ether oxygens (including phenoxy) is 1. The maximum Gasteiger partial charge on any atom is 0.105 e. The van der Waals surface area contributed by atoms with Gasteiger partial charge in [0.15, 0.2) is 0 Å². The van der Waals surface area contributed by atoms with Crippen LogP contribution in [0, 0.1) is 0 Å². The molecule has 0 aromatic heterocycles. The summed E-state index contributed by atoms with van der Waals surface area (Å²) in [4.78, 5) is 0. The minimum absolute atomic E-state index is 0.244. The maximum absolute atomic E-state index is 9.63. The first kappa shape index (κ1) is 23.9. The van der Waals surface area contributed by atoms with Gasteiger partial charge in [0.05, 0.1) is 12.2 Å². The van der Waals surface area contributed by atoms with E-state index in [1.54, 1.807) is 0 Å². The van der Waals surface area contributed by atoms with Crippen LogP contribution in [-0.2, 0) is 4.74 Å². The Bertz CT molecular complexity index is 253. The summed E-state index contributed by atoms with van der Waals surface area (Å²) in [6, 6.07) is 0. The predicted octanol–water partition coefficient (Wildman–Crippen LogP) is 5.62. The van der Waals surface area contributed by atoms with Crippen molar-refractivity contribution >= 4 is 0 Å². The number of hydrogen-bond donors (Lipinski definition) is 2. The molecular weight excluding hydrogens is 300 g/mol. The zero-order valence-electron chi connectivity index (χ0n) is 16.7. The standard InChI is InChI=1S/C21H44O3/c1-4-5-6-7-8-9-10-11-12-13-14-15-16-17-18-24-21(2,3)20(23)19-22/h20,22-23H,4-19H2,1-3H3. The molecule has 0 saturated carbocycles. The molecule has 0 amide bonds. The van der Waals surface area contributed by atoms with E-state index in [9.17, 15) is 5.11 Å². The molecule has 0 aliphatic rings. The van der Waals surface area contributed by atoms with E-state index in [2.05, 4.69) is 6.92 Å². The molecule has 3 heteroatoms. The van der Waals surface area contributed by atoms with Crippen molar-refractivity contribution < 1.29 is 14.9 Å². The largest absolute Gasteiger partial charge is 0.394 e. The molecule has 0 radical (unpaired) electrons. The molecule has 24 heavy (non-hydrogen) atoms. The van der Waals surface area contributed by atoms with Crippen LogP contribution in [0.1, 0.15) is 111 Å². The topological polar surface area (TPSA) is 49.7 Å². The Labute approximate surface area is 151 Å². The highest BCUT2D eigenvalue weighted by molar-refractivity contribution is 4.77. The highest BCUT2D eigenvalue weighted by atomic mass is 16.5. The van der Waals surface area contributed by atoms with E-state index in [1.165, 1.54) is 83.5 Å². The summed E-state index contributed by atoms with van der Waals surface area (Å²) >= 11 is 0. The van der Waals surface area contributed by atoms with Crippen molar-refractivity contribution in [2.75, 3.05) is 13.2 Å². The van der Waals surface area contributed by atoms with E-state index < -0.39 is 11.7 Å². The van der Waals surface area contributed by atoms with Gasteiger partial charge in [-0.1, -0.05) is 90.4 Å². The van der Waals surface area contributed by atoms with Crippen molar-refractivity contribution in [2.45, 2.75) is 122 Å². The van der Waals surface area contributed by atoms with Crippen molar-refractivity contribution in [2.24, 2.45) is 0 Å². The third kappa shape index (κ3) is 14.2. The van der Waals surface area contributed by atoms with Crippen LogP contribution in [0.15, 0.2) is 0 Å². The highest BCUT2D eigenvalue weighted by Gasteiger charge is 2.27. The molecular formula is C21H44O3. The van der Waals surface area contributed by atoms with Crippen molar-refractivity contribution in [1.82, 2.24) is 0 Å². The van der Waals surface area contributed by atoms with Crippen LogP contribution in [0.5, 0.6) is 0 Å². The van der Waals surface area contributed by atoms with Gasteiger partial charge >= 0.3 is 0 Å². The molecule has 146 valence electrons. The van der Waals surface area contributed by atoms with Gasteiger partial charge in [0.1, 0.15) is 6.10 Å². The summed E-state index contributed by atoms with van der Waals surface area (Å²) in [7, 11) is 0. The molecule has 3 nitrogen and oxygen atoms in total. The summed E-state index contributed by atoms with van der Waals surface area (Å²) in [5.41, 5.74) is -0.648. The molecule has 0 fully saturated rings. The Morgan fingerprint density at radius 1 is 0.708 bits per heavy atom. The predicted molar refractivity (Wildman–Crippen MR) is 103 cm³/mol. The van der Waals surface area contributed by atoms with Crippen LogP contribution in [0.3, 0.4) is 0 Å². The second-order valence-corrected chi connectivity index (χ2v) is 7.75. The van der Waals surface area contributed by atoms with E-state index in [0.717, 1.165) is 6.42 Å². The third-order valence-electron chi connectivity index (χ3n) is 4.95. The van der Waals surface area contributed by atoms with Crippen LogP contribution < -0.4 is 0 Å². The van der Waals surface area contributed by atoms with Crippen molar-refractivity contribution in [3.63, 3.8) is 0 Å². The monoisotopic (exact) mass is 344 g/mol. The van der Waals surface area contributed by atoms with Crippen molar-refractivity contribution in [3.05, 3.63) is 0 Å². The first-order valence-electron chi connectivity index (χ1n) is 10.5. The van der Waals surface area contributed by atoms with E-state index >= 15 is 0 Å². The number of rotatable bonds is 18. The minimum Gasteiger partial charge on any atom is -0.394 e. The molecule has 0 spiro atoms. The first-order valence-corrected chi connectivity index (χ1v) is 10.5. The lowest BCUT2D eigenvalue weighted by Crippen LogP contribution is -2.41. The molecule has 1 unspecified atom stereocenters. The summed E-state index contributed by atoms with van der Waals surface area (Å²) < 4.78 is 5.68. The number of aliphatic hydroxyl groups is 2. The minimum atomic E-state index is -0.802. The molecule has 2 N–H and O–H groups in total. The smallest absolute Gasteiger partial charge is 0.105 e. The summed E-state index contributed by atoms with van der Waals surface area (Å²) in [6.45, 7) is 6.36. The Morgan fingerprint density at radius 3 is 1.46 bits per heavy atom. The van der Waals surface area contributed by atoms with Gasteiger partial charge in [-0.25, -0.2) is 0 Å². The normalized spacial score (nSPS) is 13.4. The second kappa shape index (κ2) is 16.4. The average Bonchev–Trinajstić information content (AvgIpc) is 2.57. The second-order valence-electron chi connectivity index (χ2n) is 7.75. The van der Waals surface area contributed by atoms with Gasteiger partial charge in [0.25, 0.3) is 0 Å². The van der Waals surface area contributed by atoms with Gasteiger partial charge in [-0.15, -0.1) is 0 Å². The van der Waals surface area contributed by atoms with Gasteiger partial charge in [-0.05, 0) is 20.3 Å². The molecule has 0 heterocycles. The number of hydrogen-bond acceptors (Lipinski definition) is 3. The van der Waals surface area contributed by atoms with Gasteiger partial charge in [-0.3, -0.25) is 0 Å². The SMILES string of the molecule is CCCCCCCCCCCCCCCCOC(C)(C)C(O)CO. The molecule has 0 saturated heterocycles. The molecule has 0 aliphatic heterocycles. The lowest BCUT2D eigenvalue weighted by molar-refractivity contribution is -0.116. The molecule has 0 aliphatic carbocycles. The zero-order chi connectivity index (χ0) is 18.1. The van der Waals surface area contributed by atoms with Gasteiger partial charge in [0.2, 0.25) is 0 Å². The van der Waals surface area contributed by atoms with E-state index in [0.29, 0.717) is 6.61 Å². The molecule has 0 rings (SSSR count). The van der Waals surface area contributed by atoms with Gasteiger partial charge in [-0.2, -0.15) is 0 Å². The number of aliphatic hydroxyl groups excluding tert-OH is 2. The number of unbranched alkanes of at least 4 members (excludes halogenated alkanes) is 13. The van der Waals surface area contributed by atoms with Crippen LogP contribution in [-0.4, -0.2) is 35.1 Å². The van der Waals surface area contributed by atoms with Crippen molar-refractivity contribution in [1.29, 1.82) is 0 Å². The molecule has 0 aromatic rings. The molecule has 0 aromatic carbocycles. The first-order chi connectivity index (χ1) is 11.5. The summed E-state index contributed by atoms with van der Waals surface area (Å²) in [5, 5.41) is 18.6. The zero-order valence-corrected chi connectivity index (χ0v) is 16.7. The highest BCUT2D eigenvalue weighted by Crippen LogP contribution is 2.16. The lowest BCUT2D eigenvalue weighted by Gasteiger charge is -2.29. The Hall–Kier alpha value is -0.120. The Morgan fingerprint density at radius 2 is 1.08 bits per heavy atom. The third-order valence-corrected chi connectivity index (χ3v) is 4.95. The van der Waals surface area contributed by atoms with Crippen LogP contribution in [0.2, 0.25) is 0 Å². The van der Waals surface area contributed by atoms with Crippen LogP contribution in [0.4, 0.5) is 0 Å². The maximum atomic E-state index is 9.63. The van der Waals surface area contributed by atoms with Gasteiger partial charge in [0, 0.05) is 6.61 Å². The summed E-state index contributed by atoms with van der Waals surface area (Å²) in [6.07, 6.45) is 18.1. The van der Waals surface area contributed by atoms with Crippen LogP contribution >= 0.6 is 0 Å². The van der Waals surface area contributed by atoms with E-state index in [4.69, 9.17) is 9.84 Å². The average molecular weight is 345 g/mol.